The van der Waals surface area contributed by atoms with E-state index in [9.17, 15) is 14.4 Å². The number of thiophene rings is 1. The molecule has 2 heterocycles. The van der Waals surface area contributed by atoms with Crippen LogP contribution in [0.4, 0.5) is 5.69 Å². The second-order valence-electron chi connectivity index (χ2n) is 6.42. The quantitative estimate of drug-likeness (QED) is 0.617. The summed E-state index contributed by atoms with van der Waals surface area (Å²) in [6.45, 7) is 5.85. The second-order valence-corrected chi connectivity index (χ2v) is 7.63. The number of hydrogen-bond acceptors (Lipinski definition) is 6. The third-order valence-electron chi connectivity index (χ3n) is 4.36. The number of benzene rings is 1. The Kier molecular flexibility index (Phi) is 6.28. The van der Waals surface area contributed by atoms with Crippen molar-refractivity contribution in [1.29, 1.82) is 0 Å². The first-order valence-electron chi connectivity index (χ1n) is 9.13. The van der Waals surface area contributed by atoms with Gasteiger partial charge in [0.2, 0.25) is 11.8 Å². The zero-order valence-electron chi connectivity index (χ0n) is 16.4. The van der Waals surface area contributed by atoms with Crippen LogP contribution in [0, 0.1) is 13.8 Å². The molecule has 0 unspecified atom stereocenters. The van der Waals surface area contributed by atoms with Crippen LogP contribution in [0.3, 0.4) is 0 Å². The van der Waals surface area contributed by atoms with Crippen molar-refractivity contribution < 1.29 is 14.3 Å². The third kappa shape index (κ3) is 4.80. The third-order valence-corrected chi connectivity index (χ3v) is 5.48. The number of anilines is 1. The number of ether oxygens (including phenoxy) is 1. The second kappa shape index (κ2) is 8.87. The molecule has 0 aliphatic carbocycles. The molecule has 0 aliphatic rings. The summed E-state index contributed by atoms with van der Waals surface area (Å²) in [5.74, 6) is -0.0988. The topological polar surface area (TPSA) is 102 Å². The normalized spacial score (nSPS) is 10.7. The zero-order valence-corrected chi connectivity index (χ0v) is 17.3. The van der Waals surface area contributed by atoms with E-state index in [-0.39, 0.29) is 24.6 Å². The molecule has 2 N–H and O–H groups in total. The lowest BCUT2D eigenvalue weighted by Crippen LogP contribution is -2.37. The predicted molar refractivity (Wildman–Crippen MR) is 113 cm³/mol. The minimum atomic E-state index is -0.445. The largest absolute Gasteiger partial charge is 0.494 e. The van der Waals surface area contributed by atoms with Crippen LogP contribution in [0.2, 0.25) is 0 Å². The molecule has 0 fully saturated rings. The van der Waals surface area contributed by atoms with E-state index >= 15 is 0 Å². The summed E-state index contributed by atoms with van der Waals surface area (Å²) >= 11 is 1.45. The summed E-state index contributed by atoms with van der Waals surface area (Å²) in [6.07, 6.45) is 1.36. The molecule has 3 aromatic rings. The zero-order chi connectivity index (χ0) is 21.0. The summed E-state index contributed by atoms with van der Waals surface area (Å²) < 4.78 is 6.60. The van der Waals surface area contributed by atoms with Gasteiger partial charge in [-0.05, 0) is 50.6 Å². The minimum absolute atomic E-state index is 0.201. The van der Waals surface area contributed by atoms with Gasteiger partial charge in [0.1, 0.15) is 17.1 Å². The Hall–Kier alpha value is -3.20. The van der Waals surface area contributed by atoms with Crippen LogP contribution in [0.1, 0.15) is 17.4 Å². The van der Waals surface area contributed by atoms with Gasteiger partial charge in [-0.2, -0.15) is 0 Å². The SMILES string of the molecule is CCOc1ccc(NC(=O)CNC(=O)Cn2cnc3sc(C)c(C)c3c2=O)cc1. The van der Waals surface area contributed by atoms with E-state index < -0.39 is 5.91 Å². The predicted octanol–water partition coefficient (Wildman–Crippen LogP) is 2.23. The van der Waals surface area contributed by atoms with E-state index in [0.717, 1.165) is 10.4 Å². The molecule has 9 heteroatoms. The summed E-state index contributed by atoms with van der Waals surface area (Å²) in [6, 6.07) is 6.94. The molecule has 29 heavy (non-hydrogen) atoms. The number of amides is 2. The standard InChI is InChI=1S/C20H22N4O4S/c1-4-28-15-7-5-14(6-8-15)23-16(25)9-21-17(26)10-24-11-22-19-18(20(24)27)12(2)13(3)29-19/h5-8,11H,4,9-10H2,1-3H3,(H,21,26)(H,23,25). The average Bonchev–Trinajstić information content (AvgIpc) is 2.99. The highest BCUT2D eigenvalue weighted by Gasteiger charge is 2.14. The smallest absolute Gasteiger partial charge is 0.262 e. The highest BCUT2D eigenvalue weighted by molar-refractivity contribution is 7.18. The van der Waals surface area contributed by atoms with Gasteiger partial charge in [-0.25, -0.2) is 4.98 Å². The molecule has 152 valence electrons. The van der Waals surface area contributed by atoms with E-state index in [2.05, 4.69) is 15.6 Å². The van der Waals surface area contributed by atoms with Crippen LogP contribution in [0.25, 0.3) is 10.2 Å². The van der Waals surface area contributed by atoms with Gasteiger partial charge in [-0.15, -0.1) is 11.3 Å². The molecule has 0 atom stereocenters. The van der Waals surface area contributed by atoms with E-state index in [1.165, 1.54) is 22.2 Å². The number of aryl methyl sites for hydroxylation is 2. The van der Waals surface area contributed by atoms with Gasteiger partial charge in [0, 0.05) is 10.6 Å². The Balaban J connectivity index is 1.56. The number of carbonyl (C=O) groups is 2. The molecule has 0 aliphatic heterocycles. The van der Waals surface area contributed by atoms with Gasteiger partial charge >= 0.3 is 0 Å². The molecule has 0 spiro atoms. The molecule has 0 saturated heterocycles. The van der Waals surface area contributed by atoms with Crippen molar-refractivity contribution in [2.45, 2.75) is 27.3 Å². The van der Waals surface area contributed by atoms with Gasteiger partial charge in [0.25, 0.3) is 5.56 Å². The van der Waals surface area contributed by atoms with Crippen LogP contribution >= 0.6 is 11.3 Å². The molecule has 8 nitrogen and oxygen atoms in total. The Labute approximate surface area is 171 Å². The number of nitrogens with one attached hydrogen (secondary N) is 2. The molecule has 1 aromatic carbocycles. The summed E-state index contributed by atoms with van der Waals surface area (Å²) in [7, 11) is 0. The van der Waals surface area contributed by atoms with Gasteiger partial charge < -0.3 is 15.4 Å². The number of hydrogen-bond donors (Lipinski definition) is 2. The van der Waals surface area contributed by atoms with Crippen LogP contribution in [-0.2, 0) is 16.1 Å². The summed E-state index contributed by atoms with van der Waals surface area (Å²) in [5.41, 5.74) is 1.22. The lowest BCUT2D eigenvalue weighted by atomic mass is 10.2. The molecule has 2 aromatic heterocycles. The lowest BCUT2D eigenvalue weighted by molar-refractivity contribution is -0.124. The van der Waals surface area contributed by atoms with Crippen molar-refractivity contribution in [1.82, 2.24) is 14.9 Å². The maximum atomic E-state index is 12.6. The van der Waals surface area contributed by atoms with E-state index in [4.69, 9.17) is 4.74 Å². The Morgan fingerprint density at radius 3 is 2.59 bits per heavy atom. The summed E-state index contributed by atoms with van der Waals surface area (Å²) in [4.78, 5) is 42.8. The Bertz CT molecular complexity index is 1100. The molecule has 0 radical (unpaired) electrons. The van der Waals surface area contributed by atoms with Crippen molar-refractivity contribution in [2.24, 2.45) is 0 Å². The fourth-order valence-electron chi connectivity index (χ4n) is 2.78. The Morgan fingerprint density at radius 1 is 1.17 bits per heavy atom. The van der Waals surface area contributed by atoms with E-state index in [1.807, 2.05) is 20.8 Å². The van der Waals surface area contributed by atoms with Crippen molar-refractivity contribution in [3.8, 4) is 5.75 Å². The first-order chi connectivity index (χ1) is 13.9. The van der Waals surface area contributed by atoms with Crippen LogP contribution in [-0.4, -0.2) is 34.5 Å². The highest BCUT2D eigenvalue weighted by atomic mass is 32.1. The molecule has 0 saturated carbocycles. The van der Waals surface area contributed by atoms with Gasteiger partial charge in [0.05, 0.1) is 24.9 Å². The number of rotatable bonds is 7. The number of nitrogens with zero attached hydrogens (tertiary/aromatic N) is 2. The van der Waals surface area contributed by atoms with E-state index in [1.54, 1.807) is 24.3 Å². The number of fused-ring (bicyclic) bond motifs is 1. The van der Waals surface area contributed by atoms with Gasteiger partial charge in [-0.3, -0.25) is 19.0 Å². The fourth-order valence-corrected chi connectivity index (χ4v) is 3.77. The monoisotopic (exact) mass is 414 g/mol. The number of aromatic nitrogens is 2. The van der Waals surface area contributed by atoms with Crippen LogP contribution in [0.5, 0.6) is 5.75 Å². The minimum Gasteiger partial charge on any atom is -0.494 e. The van der Waals surface area contributed by atoms with Crippen molar-refractivity contribution in [3.63, 3.8) is 0 Å². The van der Waals surface area contributed by atoms with Crippen molar-refractivity contribution in [3.05, 3.63) is 51.4 Å². The summed E-state index contributed by atoms with van der Waals surface area (Å²) in [5, 5.41) is 5.74. The first-order valence-corrected chi connectivity index (χ1v) is 9.95. The first kappa shape index (κ1) is 20.5. The van der Waals surface area contributed by atoms with Gasteiger partial charge in [0.15, 0.2) is 0 Å². The van der Waals surface area contributed by atoms with Crippen LogP contribution in [0.15, 0.2) is 35.4 Å². The molecule has 0 bridgehead atoms. The van der Waals surface area contributed by atoms with Gasteiger partial charge in [-0.1, -0.05) is 0 Å². The van der Waals surface area contributed by atoms with Crippen molar-refractivity contribution >= 4 is 39.1 Å². The maximum absolute atomic E-state index is 12.6. The average molecular weight is 414 g/mol. The fraction of sp³-hybridized carbons (Fsp3) is 0.300. The van der Waals surface area contributed by atoms with Crippen molar-refractivity contribution in [2.75, 3.05) is 18.5 Å². The Morgan fingerprint density at radius 2 is 1.90 bits per heavy atom. The molecular weight excluding hydrogens is 392 g/mol. The molecule has 2 amide bonds. The number of carbonyl (C=O) groups excluding carboxylic acids is 2. The highest BCUT2D eigenvalue weighted by Crippen LogP contribution is 2.25. The lowest BCUT2D eigenvalue weighted by Gasteiger charge is -2.09. The molecule has 3 rings (SSSR count). The molecular formula is C20H22N4O4S. The van der Waals surface area contributed by atoms with Crippen LogP contribution < -0.4 is 20.9 Å². The maximum Gasteiger partial charge on any atom is 0.262 e. The van der Waals surface area contributed by atoms with E-state index in [0.29, 0.717) is 28.3 Å².